The maximum atomic E-state index is 13.7. The van der Waals surface area contributed by atoms with Crippen molar-refractivity contribution in [3.63, 3.8) is 0 Å². The van der Waals surface area contributed by atoms with Crippen LogP contribution < -0.4 is 9.47 Å². The summed E-state index contributed by atoms with van der Waals surface area (Å²) in [5, 5.41) is 5.50. The number of hydrazone groups is 1. The van der Waals surface area contributed by atoms with Crippen molar-refractivity contribution in [3.05, 3.63) is 129 Å². The lowest BCUT2D eigenvalue weighted by Gasteiger charge is -2.45. The first-order valence-electron chi connectivity index (χ1n) is 13.2. The van der Waals surface area contributed by atoms with Crippen LogP contribution in [0.3, 0.4) is 0 Å². The number of benzene rings is 4. The van der Waals surface area contributed by atoms with Gasteiger partial charge in [0, 0.05) is 16.3 Å². The largest absolute Gasteiger partial charge is 0.493 e. The molecule has 0 saturated carbocycles. The maximum absolute atomic E-state index is 13.7. The first-order valence-corrected chi connectivity index (χ1v) is 14.0. The van der Waals surface area contributed by atoms with Gasteiger partial charge in [0.25, 0.3) is 11.8 Å². The van der Waals surface area contributed by atoms with E-state index in [1.807, 2.05) is 54.6 Å². The van der Waals surface area contributed by atoms with Crippen molar-refractivity contribution < 1.29 is 19.1 Å². The number of nitrogens with zero attached hydrogens (tertiary/aromatic N) is 2. The zero-order valence-electron chi connectivity index (χ0n) is 21.7. The Hall–Kier alpha value is -4.23. The number of halogens is 1. The van der Waals surface area contributed by atoms with E-state index in [0.717, 1.165) is 37.3 Å². The quantitative estimate of drug-likeness (QED) is 0.196. The number of rotatable bonds is 6. The van der Waals surface area contributed by atoms with E-state index in [1.54, 1.807) is 19.2 Å². The molecule has 8 rings (SSSR count). The van der Waals surface area contributed by atoms with Gasteiger partial charge in [0.2, 0.25) is 0 Å². The van der Waals surface area contributed by atoms with Gasteiger partial charge in [-0.25, -0.2) is 0 Å². The molecule has 1 aliphatic heterocycles. The van der Waals surface area contributed by atoms with Crippen LogP contribution >= 0.6 is 15.9 Å². The monoisotopic (exact) mass is 592 g/mol. The average molecular weight is 593 g/mol. The molecule has 4 aliphatic rings. The van der Waals surface area contributed by atoms with Crippen LogP contribution in [-0.2, 0) is 16.2 Å². The molecule has 0 unspecified atom stereocenters. The van der Waals surface area contributed by atoms with Gasteiger partial charge in [-0.2, -0.15) is 10.1 Å². The highest BCUT2D eigenvalue weighted by molar-refractivity contribution is 9.10. The summed E-state index contributed by atoms with van der Waals surface area (Å²) in [5.41, 5.74) is 6.29. The van der Waals surface area contributed by atoms with E-state index in [2.05, 4.69) is 45.3 Å². The zero-order chi connectivity index (χ0) is 27.4. The highest BCUT2D eigenvalue weighted by Gasteiger charge is 2.61. The van der Waals surface area contributed by atoms with Gasteiger partial charge in [-0.1, -0.05) is 76.6 Å². The second kappa shape index (κ2) is 9.75. The van der Waals surface area contributed by atoms with E-state index in [0.29, 0.717) is 23.7 Å². The fourth-order valence-corrected chi connectivity index (χ4v) is 6.79. The normalized spacial score (nSPS) is 22.3. The standard InChI is InChI=1S/C33H25BrN2O4/c1-39-27-16-20(12-15-26(27)40-18-19-10-13-21(34)14-11-19)17-35-36-32(37)30-28-22-6-2-3-7-23(22)29(31(30)33(36)38)25-9-5-4-8-24(25)28/h2-17,28-31H,18H2,1H3/b35-17-/t28?,29?,30-,31-/m1/s1. The van der Waals surface area contributed by atoms with Crippen LogP contribution in [-0.4, -0.2) is 30.1 Å². The SMILES string of the molecule is COc1cc(/C=N\N2C(=O)[C@@H]3C4c5ccccc5C(c5ccccc54)[C@H]3C2=O)ccc1OCc1ccc(Br)cc1. The Morgan fingerprint density at radius 1 is 0.775 bits per heavy atom. The lowest BCUT2D eigenvalue weighted by Crippen LogP contribution is -2.41. The van der Waals surface area contributed by atoms with Crippen LogP contribution in [0.5, 0.6) is 11.5 Å². The topological polar surface area (TPSA) is 68.2 Å². The fraction of sp³-hybridized carbons (Fsp3) is 0.182. The van der Waals surface area contributed by atoms with Gasteiger partial charge in [0.1, 0.15) is 6.61 Å². The van der Waals surface area contributed by atoms with Crippen LogP contribution in [0, 0.1) is 11.8 Å². The minimum atomic E-state index is -0.455. The number of imide groups is 1. The molecule has 6 nitrogen and oxygen atoms in total. The number of carbonyl (C=O) groups excluding carboxylic acids is 2. The van der Waals surface area contributed by atoms with Gasteiger partial charge < -0.3 is 9.47 Å². The van der Waals surface area contributed by atoms with Crippen molar-refractivity contribution in [2.24, 2.45) is 16.9 Å². The van der Waals surface area contributed by atoms with E-state index in [4.69, 9.17) is 9.47 Å². The predicted molar refractivity (Wildman–Crippen MR) is 154 cm³/mol. The number of methoxy groups -OCH3 is 1. The van der Waals surface area contributed by atoms with Gasteiger partial charge in [-0.05, 0) is 63.7 Å². The summed E-state index contributed by atoms with van der Waals surface area (Å²) in [6, 6.07) is 29.7. The predicted octanol–water partition coefficient (Wildman–Crippen LogP) is 6.26. The third-order valence-corrected chi connectivity index (χ3v) is 8.77. The van der Waals surface area contributed by atoms with Gasteiger partial charge in [-0.3, -0.25) is 9.59 Å². The molecule has 198 valence electrons. The number of hydrogen-bond donors (Lipinski definition) is 0. The van der Waals surface area contributed by atoms with E-state index in [-0.39, 0.29) is 23.7 Å². The first kappa shape index (κ1) is 24.8. The van der Waals surface area contributed by atoms with Crippen LogP contribution in [0.15, 0.2) is 101 Å². The number of hydrogen-bond acceptors (Lipinski definition) is 5. The summed E-state index contributed by atoms with van der Waals surface area (Å²) < 4.78 is 12.5. The maximum Gasteiger partial charge on any atom is 0.254 e. The third kappa shape index (κ3) is 3.87. The molecule has 1 fully saturated rings. The Bertz CT molecular complexity index is 1570. The molecule has 0 radical (unpaired) electrons. The van der Waals surface area contributed by atoms with Crippen molar-refractivity contribution in [1.82, 2.24) is 5.01 Å². The number of amides is 2. The van der Waals surface area contributed by atoms with Gasteiger partial charge >= 0.3 is 0 Å². The van der Waals surface area contributed by atoms with Crippen molar-refractivity contribution >= 4 is 34.0 Å². The molecular weight excluding hydrogens is 568 g/mol. The van der Waals surface area contributed by atoms with Gasteiger partial charge in [-0.15, -0.1) is 0 Å². The molecule has 1 saturated heterocycles. The Balaban J connectivity index is 1.15. The zero-order valence-corrected chi connectivity index (χ0v) is 23.2. The summed E-state index contributed by atoms with van der Waals surface area (Å²) in [5.74, 6) is -0.570. The third-order valence-electron chi connectivity index (χ3n) is 8.24. The fourth-order valence-electron chi connectivity index (χ4n) is 6.53. The van der Waals surface area contributed by atoms with E-state index < -0.39 is 11.8 Å². The van der Waals surface area contributed by atoms with Crippen molar-refractivity contribution in [2.45, 2.75) is 18.4 Å². The Morgan fingerprint density at radius 3 is 1.85 bits per heavy atom. The number of ether oxygens (including phenoxy) is 2. The molecule has 4 aromatic carbocycles. The number of carbonyl (C=O) groups is 2. The molecule has 0 N–H and O–H groups in total. The van der Waals surface area contributed by atoms with Crippen LogP contribution in [0.25, 0.3) is 0 Å². The Labute approximate surface area is 240 Å². The summed E-state index contributed by atoms with van der Waals surface area (Å²) in [6.45, 7) is 0.393. The molecule has 40 heavy (non-hydrogen) atoms. The summed E-state index contributed by atoms with van der Waals surface area (Å²) in [6.07, 6.45) is 1.54. The molecule has 2 bridgehead atoms. The summed E-state index contributed by atoms with van der Waals surface area (Å²) in [7, 11) is 1.58. The van der Waals surface area contributed by atoms with Crippen molar-refractivity contribution in [2.75, 3.05) is 7.11 Å². The van der Waals surface area contributed by atoms with Crippen molar-refractivity contribution in [1.29, 1.82) is 0 Å². The molecular formula is C33H25BrN2O4. The molecule has 0 aromatic heterocycles. The minimum absolute atomic E-state index is 0.152. The van der Waals surface area contributed by atoms with Crippen molar-refractivity contribution in [3.8, 4) is 11.5 Å². The van der Waals surface area contributed by atoms with Crippen LogP contribution in [0.2, 0.25) is 0 Å². The lowest BCUT2D eigenvalue weighted by molar-refractivity contribution is -0.139. The van der Waals surface area contributed by atoms with Gasteiger partial charge in [0.15, 0.2) is 11.5 Å². The van der Waals surface area contributed by atoms with Crippen LogP contribution in [0.4, 0.5) is 0 Å². The molecule has 2 amide bonds. The average Bonchev–Trinajstić information content (AvgIpc) is 3.25. The first-order chi connectivity index (χ1) is 19.5. The van der Waals surface area contributed by atoms with E-state index in [1.165, 1.54) is 6.21 Å². The summed E-state index contributed by atoms with van der Waals surface area (Å²) >= 11 is 3.44. The molecule has 3 aliphatic carbocycles. The highest BCUT2D eigenvalue weighted by Crippen LogP contribution is 2.60. The van der Waals surface area contributed by atoms with Crippen LogP contribution in [0.1, 0.15) is 45.2 Å². The minimum Gasteiger partial charge on any atom is -0.493 e. The molecule has 1 heterocycles. The Kier molecular flexibility index (Phi) is 6.04. The second-order valence-corrected chi connectivity index (χ2v) is 11.2. The Morgan fingerprint density at radius 2 is 1.32 bits per heavy atom. The molecule has 7 heteroatoms. The smallest absolute Gasteiger partial charge is 0.254 e. The molecule has 2 atom stereocenters. The van der Waals surface area contributed by atoms with Gasteiger partial charge in [0.05, 0.1) is 25.2 Å². The van der Waals surface area contributed by atoms with E-state index >= 15 is 0 Å². The highest BCUT2D eigenvalue weighted by atomic mass is 79.9. The summed E-state index contributed by atoms with van der Waals surface area (Å²) in [4.78, 5) is 27.5. The van der Waals surface area contributed by atoms with E-state index in [9.17, 15) is 9.59 Å². The second-order valence-electron chi connectivity index (χ2n) is 10.3. The molecule has 4 aromatic rings. The molecule has 0 spiro atoms. The lowest BCUT2D eigenvalue weighted by atomic mass is 9.55.